The van der Waals surface area contributed by atoms with E-state index in [0.29, 0.717) is 23.5 Å². The van der Waals surface area contributed by atoms with Crippen molar-refractivity contribution >= 4 is 50.1 Å². The molecule has 0 saturated carbocycles. The van der Waals surface area contributed by atoms with Crippen LogP contribution in [0.3, 0.4) is 0 Å². The molecule has 1 amide bonds. The average Bonchev–Trinajstić information content (AvgIpc) is 3.42. The topological polar surface area (TPSA) is 104 Å². The molecular formula is C24H24BrNO7S. The number of carbonyl (C=O) groups is 3. The Morgan fingerprint density at radius 3 is 2.44 bits per heavy atom. The van der Waals surface area contributed by atoms with Crippen molar-refractivity contribution in [1.29, 1.82) is 0 Å². The van der Waals surface area contributed by atoms with Crippen LogP contribution in [0, 0.1) is 6.92 Å². The molecular weight excluding hydrogens is 526 g/mol. The summed E-state index contributed by atoms with van der Waals surface area (Å²) in [5.41, 5.74) is 0.517. The first-order valence-corrected chi connectivity index (χ1v) is 12.2. The molecule has 34 heavy (non-hydrogen) atoms. The SMILES string of the molecule is CCCOC(=O)c1c(NC(=O)c2ccc(COc3ccc(Br)cc3)o2)sc(C(=O)OCC)c1C. The number of hydrogen-bond donors (Lipinski definition) is 1. The Labute approximate surface area is 209 Å². The van der Waals surface area contributed by atoms with Crippen LogP contribution < -0.4 is 10.1 Å². The van der Waals surface area contributed by atoms with E-state index < -0.39 is 17.8 Å². The van der Waals surface area contributed by atoms with E-state index in [9.17, 15) is 14.4 Å². The second-order valence-electron chi connectivity index (χ2n) is 7.08. The molecule has 0 aliphatic heterocycles. The zero-order chi connectivity index (χ0) is 24.7. The minimum Gasteiger partial charge on any atom is -0.486 e. The van der Waals surface area contributed by atoms with Crippen molar-refractivity contribution in [3.63, 3.8) is 0 Å². The van der Waals surface area contributed by atoms with Gasteiger partial charge in [-0.25, -0.2) is 9.59 Å². The number of rotatable bonds is 10. The maximum atomic E-state index is 12.8. The van der Waals surface area contributed by atoms with Gasteiger partial charge in [0.2, 0.25) is 0 Å². The average molecular weight is 550 g/mol. The van der Waals surface area contributed by atoms with Gasteiger partial charge in [0.05, 0.1) is 18.8 Å². The van der Waals surface area contributed by atoms with Crippen LogP contribution >= 0.6 is 27.3 Å². The van der Waals surface area contributed by atoms with Crippen LogP contribution in [0.2, 0.25) is 0 Å². The van der Waals surface area contributed by atoms with Crippen molar-refractivity contribution in [1.82, 2.24) is 0 Å². The van der Waals surface area contributed by atoms with Crippen LogP contribution in [-0.2, 0) is 16.1 Å². The third kappa shape index (κ3) is 6.27. The second-order valence-corrected chi connectivity index (χ2v) is 9.02. The van der Waals surface area contributed by atoms with Gasteiger partial charge in [-0.2, -0.15) is 0 Å². The zero-order valence-corrected chi connectivity index (χ0v) is 21.3. The minimum atomic E-state index is -0.621. The Balaban J connectivity index is 1.76. The van der Waals surface area contributed by atoms with Crippen LogP contribution in [-0.4, -0.2) is 31.1 Å². The van der Waals surface area contributed by atoms with Crippen molar-refractivity contribution in [2.24, 2.45) is 0 Å². The van der Waals surface area contributed by atoms with Crippen LogP contribution in [0.4, 0.5) is 5.00 Å². The van der Waals surface area contributed by atoms with E-state index in [2.05, 4.69) is 21.2 Å². The summed E-state index contributed by atoms with van der Waals surface area (Å²) in [6.45, 7) is 5.71. The Kier molecular flexibility index (Phi) is 8.89. The van der Waals surface area contributed by atoms with Gasteiger partial charge < -0.3 is 23.9 Å². The number of amides is 1. The highest BCUT2D eigenvalue weighted by Gasteiger charge is 2.28. The molecule has 8 nitrogen and oxygen atoms in total. The molecule has 0 spiro atoms. The zero-order valence-electron chi connectivity index (χ0n) is 18.9. The summed E-state index contributed by atoms with van der Waals surface area (Å²) < 4.78 is 22.5. The first kappa shape index (κ1) is 25.5. The maximum absolute atomic E-state index is 12.8. The second kappa shape index (κ2) is 11.8. The van der Waals surface area contributed by atoms with E-state index in [0.717, 1.165) is 15.8 Å². The summed E-state index contributed by atoms with van der Waals surface area (Å²) in [6, 6.07) is 10.5. The van der Waals surface area contributed by atoms with Gasteiger partial charge >= 0.3 is 11.9 Å². The Morgan fingerprint density at radius 1 is 1.03 bits per heavy atom. The number of benzene rings is 1. The molecule has 0 aliphatic rings. The van der Waals surface area contributed by atoms with E-state index in [1.54, 1.807) is 32.0 Å². The van der Waals surface area contributed by atoms with Gasteiger partial charge in [-0.05, 0) is 62.2 Å². The molecule has 180 valence electrons. The summed E-state index contributed by atoms with van der Waals surface area (Å²) >= 11 is 4.32. The first-order valence-electron chi connectivity index (χ1n) is 10.6. The fraction of sp³-hybridized carbons (Fsp3) is 0.292. The summed E-state index contributed by atoms with van der Waals surface area (Å²) in [7, 11) is 0. The third-order valence-corrected chi connectivity index (χ3v) is 6.27. The largest absolute Gasteiger partial charge is 0.486 e. The summed E-state index contributed by atoms with van der Waals surface area (Å²) in [5, 5.41) is 2.86. The quantitative estimate of drug-likeness (QED) is 0.310. The molecule has 0 atom stereocenters. The van der Waals surface area contributed by atoms with E-state index >= 15 is 0 Å². The molecule has 2 heterocycles. The number of ether oxygens (including phenoxy) is 3. The first-order chi connectivity index (χ1) is 16.3. The van der Waals surface area contributed by atoms with E-state index in [1.807, 2.05) is 19.1 Å². The summed E-state index contributed by atoms with van der Waals surface area (Å²) in [4.78, 5) is 38.0. The highest BCUT2D eigenvalue weighted by atomic mass is 79.9. The molecule has 0 saturated heterocycles. The molecule has 0 fully saturated rings. The van der Waals surface area contributed by atoms with E-state index in [4.69, 9.17) is 18.6 Å². The lowest BCUT2D eigenvalue weighted by Crippen LogP contribution is -2.14. The number of anilines is 1. The summed E-state index contributed by atoms with van der Waals surface area (Å²) in [5.74, 6) is -0.626. The standard InChI is InChI=1S/C24H24BrNO7S/c1-4-12-31-23(28)19-14(3)20(24(29)30-5-2)34-22(19)26-21(27)18-11-10-17(33-18)13-32-16-8-6-15(25)7-9-16/h6-11H,4-5,12-13H2,1-3H3,(H,26,27). The molecule has 0 bridgehead atoms. The van der Waals surface area contributed by atoms with Crippen molar-refractivity contribution in [3.8, 4) is 5.75 Å². The van der Waals surface area contributed by atoms with Gasteiger partial charge in [-0.3, -0.25) is 4.79 Å². The van der Waals surface area contributed by atoms with Gasteiger partial charge in [0.15, 0.2) is 5.76 Å². The molecule has 3 rings (SSSR count). The molecule has 2 aromatic heterocycles. The predicted octanol–water partition coefficient (Wildman–Crippen LogP) is 5.99. The lowest BCUT2D eigenvalue weighted by atomic mass is 10.1. The highest BCUT2D eigenvalue weighted by Crippen LogP contribution is 2.35. The third-order valence-electron chi connectivity index (χ3n) is 4.56. The number of hydrogen-bond acceptors (Lipinski definition) is 8. The minimum absolute atomic E-state index is 0.0334. The number of carbonyl (C=O) groups excluding carboxylic acids is 3. The smallest absolute Gasteiger partial charge is 0.348 e. The van der Waals surface area contributed by atoms with E-state index in [-0.39, 0.29) is 41.0 Å². The molecule has 1 aromatic carbocycles. The van der Waals surface area contributed by atoms with Gasteiger partial charge in [0.25, 0.3) is 5.91 Å². The maximum Gasteiger partial charge on any atom is 0.348 e. The summed E-state index contributed by atoms with van der Waals surface area (Å²) in [6.07, 6.45) is 0.638. The van der Waals surface area contributed by atoms with Crippen LogP contribution in [0.25, 0.3) is 0 Å². The van der Waals surface area contributed by atoms with Crippen molar-refractivity contribution in [3.05, 3.63) is 68.4 Å². The molecule has 0 radical (unpaired) electrons. The normalized spacial score (nSPS) is 10.6. The fourth-order valence-electron chi connectivity index (χ4n) is 2.93. The number of esters is 2. The molecule has 3 aromatic rings. The molecule has 10 heteroatoms. The Hall–Kier alpha value is -3.11. The van der Waals surface area contributed by atoms with Crippen LogP contribution in [0.15, 0.2) is 45.3 Å². The monoisotopic (exact) mass is 549 g/mol. The number of furan rings is 1. The van der Waals surface area contributed by atoms with Crippen molar-refractivity contribution < 1.29 is 33.0 Å². The lowest BCUT2D eigenvalue weighted by molar-refractivity contribution is 0.0506. The van der Waals surface area contributed by atoms with Crippen molar-refractivity contribution in [2.45, 2.75) is 33.8 Å². The predicted molar refractivity (Wildman–Crippen MR) is 131 cm³/mol. The number of halogens is 1. The number of nitrogens with one attached hydrogen (secondary N) is 1. The van der Waals surface area contributed by atoms with Gasteiger partial charge in [0, 0.05) is 4.47 Å². The van der Waals surface area contributed by atoms with Crippen LogP contribution in [0.1, 0.15) is 62.2 Å². The van der Waals surface area contributed by atoms with Gasteiger partial charge in [-0.1, -0.05) is 22.9 Å². The van der Waals surface area contributed by atoms with E-state index in [1.165, 1.54) is 6.07 Å². The Bertz CT molecular complexity index is 1170. The molecule has 0 aliphatic carbocycles. The van der Waals surface area contributed by atoms with Crippen molar-refractivity contribution in [2.75, 3.05) is 18.5 Å². The van der Waals surface area contributed by atoms with Gasteiger partial charge in [0.1, 0.15) is 28.0 Å². The molecule has 0 unspecified atom stereocenters. The fourth-order valence-corrected chi connectivity index (χ4v) is 4.28. The molecule has 1 N–H and O–H groups in total. The Morgan fingerprint density at radius 2 is 1.76 bits per heavy atom. The van der Waals surface area contributed by atoms with Gasteiger partial charge in [-0.15, -0.1) is 11.3 Å². The lowest BCUT2D eigenvalue weighted by Gasteiger charge is -2.07. The highest BCUT2D eigenvalue weighted by molar-refractivity contribution is 9.10. The number of thiophene rings is 1. The van der Waals surface area contributed by atoms with Crippen LogP contribution in [0.5, 0.6) is 5.75 Å².